The van der Waals surface area contributed by atoms with E-state index in [1.54, 1.807) is 0 Å². The highest BCUT2D eigenvalue weighted by Gasteiger charge is 2.08. The summed E-state index contributed by atoms with van der Waals surface area (Å²) < 4.78 is 4.53. The van der Waals surface area contributed by atoms with Gasteiger partial charge in [0.15, 0.2) is 0 Å². The van der Waals surface area contributed by atoms with E-state index in [0.29, 0.717) is 25.8 Å². The molecule has 0 bridgehead atoms. The third-order valence-corrected chi connectivity index (χ3v) is 3.13. The normalized spacial score (nSPS) is 10.4. The molecule has 0 radical (unpaired) electrons. The molecule has 1 amide bonds. The van der Waals surface area contributed by atoms with Gasteiger partial charge in [-0.3, -0.25) is 9.59 Å². The van der Waals surface area contributed by atoms with Crippen molar-refractivity contribution in [3.05, 3.63) is 36.0 Å². The Hall–Kier alpha value is -2.30. The molecule has 2 N–H and O–H groups in total. The number of para-hydroxylation sites is 1. The van der Waals surface area contributed by atoms with Crippen molar-refractivity contribution in [3.63, 3.8) is 0 Å². The molecule has 0 aliphatic rings. The molecule has 0 saturated carbocycles. The number of rotatable bonds is 6. The van der Waals surface area contributed by atoms with E-state index in [9.17, 15) is 9.59 Å². The monoisotopic (exact) mass is 274 g/mol. The summed E-state index contributed by atoms with van der Waals surface area (Å²) in [6.07, 6.45) is 3.11. The van der Waals surface area contributed by atoms with Gasteiger partial charge in [-0.15, -0.1) is 0 Å². The van der Waals surface area contributed by atoms with Gasteiger partial charge in [0.05, 0.1) is 13.5 Å². The number of carbonyl (C=O) groups excluding carboxylic acids is 2. The van der Waals surface area contributed by atoms with Crippen molar-refractivity contribution in [2.24, 2.45) is 0 Å². The lowest BCUT2D eigenvalue weighted by Crippen LogP contribution is -2.26. The van der Waals surface area contributed by atoms with E-state index >= 15 is 0 Å². The molecule has 0 unspecified atom stereocenters. The number of carbonyl (C=O) groups is 2. The number of fused-ring (bicyclic) bond motifs is 1. The molecule has 1 heterocycles. The summed E-state index contributed by atoms with van der Waals surface area (Å²) in [7, 11) is 1.36. The van der Waals surface area contributed by atoms with E-state index in [0.717, 1.165) is 16.5 Å². The first-order valence-electron chi connectivity index (χ1n) is 6.59. The van der Waals surface area contributed by atoms with Crippen LogP contribution in [0.2, 0.25) is 0 Å². The van der Waals surface area contributed by atoms with Crippen LogP contribution < -0.4 is 5.32 Å². The Morgan fingerprint density at radius 2 is 2.10 bits per heavy atom. The Balaban J connectivity index is 1.81. The highest BCUT2D eigenvalue weighted by atomic mass is 16.5. The van der Waals surface area contributed by atoms with Crippen molar-refractivity contribution >= 4 is 22.8 Å². The average molecular weight is 274 g/mol. The number of ether oxygens (including phenoxy) is 1. The van der Waals surface area contributed by atoms with Crippen LogP contribution in [-0.4, -0.2) is 30.5 Å². The number of nitrogens with one attached hydrogen (secondary N) is 2. The number of aromatic nitrogens is 1. The van der Waals surface area contributed by atoms with E-state index in [-0.39, 0.29) is 11.9 Å². The van der Waals surface area contributed by atoms with Crippen LogP contribution >= 0.6 is 0 Å². The molecule has 5 heteroatoms. The van der Waals surface area contributed by atoms with Gasteiger partial charge in [-0.05, 0) is 18.1 Å². The molecular weight excluding hydrogens is 256 g/mol. The molecule has 0 saturated heterocycles. The van der Waals surface area contributed by atoms with Crippen LogP contribution in [0.25, 0.3) is 10.9 Å². The van der Waals surface area contributed by atoms with Crippen molar-refractivity contribution in [1.82, 2.24) is 10.3 Å². The number of benzene rings is 1. The molecule has 0 aliphatic carbocycles. The fourth-order valence-electron chi connectivity index (χ4n) is 2.08. The average Bonchev–Trinajstić information content (AvgIpc) is 2.86. The Labute approximate surface area is 117 Å². The summed E-state index contributed by atoms with van der Waals surface area (Å²) in [6.45, 7) is 0.482. The highest BCUT2D eigenvalue weighted by Crippen LogP contribution is 2.17. The Kier molecular flexibility index (Phi) is 4.76. The molecule has 0 spiro atoms. The Morgan fingerprint density at radius 1 is 1.30 bits per heavy atom. The first kappa shape index (κ1) is 14.1. The summed E-state index contributed by atoms with van der Waals surface area (Å²) in [5.41, 5.74) is 2.01. The van der Waals surface area contributed by atoms with Crippen molar-refractivity contribution in [3.8, 4) is 0 Å². The van der Waals surface area contributed by atoms with E-state index < -0.39 is 0 Å². The zero-order valence-corrected chi connectivity index (χ0v) is 11.4. The minimum Gasteiger partial charge on any atom is -0.469 e. The van der Waals surface area contributed by atoms with E-state index in [2.05, 4.69) is 15.0 Å². The standard InChI is InChI=1S/C15H18N2O3/c1-20-15(19)7-4-8-16-14(18)9-11-10-17-13-6-3-2-5-12(11)13/h2-3,5-6,10,17H,4,7-9H2,1H3,(H,16,18). The SMILES string of the molecule is COC(=O)CCCNC(=O)Cc1c[nH]c2ccccc12. The topological polar surface area (TPSA) is 71.2 Å². The second-order valence-corrected chi connectivity index (χ2v) is 4.57. The number of aromatic amines is 1. The van der Waals surface area contributed by atoms with Crippen LogP contribution in [0.5, 0.6) is 0 Å². The van der Waals surface area contributed by atoms with Gasteiger partial charge < -0.3 is 15.0 Å². The van der Waals surface area contributed by atoms with Crippen LogP contribution in [0.3, 0.4) is 0 Å². The first-order valence-corrected chi connectivity index (χ1v) is 6.59. The maximum atomic E-state index is 11.8. The van der Waals surface area contributed by atoms with Gasteiger partial charge in [0.1, 0.15) is 0 Å². The van der Waals surface area contributed by atoms with Gasteiger partial charge in [-0.25, -0.2) is 0 Å². The fourth-order valence-corrected chi connectivity index (χ4v) is 2.08. The Bertz CT molecular complexity index is 604. The van der Waals surface area contributed by atoms with Crippen LogP contribution in [0.4, 0.5) is 0 Å². The number of hydrogen-bond acceptors (Lipinski definition) is 3. The van der Waals surface area contributed by atoms with E-state index in [4.69, 9.17) is 0 Å². The quantitative estimate of drug-likeness (QED) is 0.623. The maximum absolute atomic E-state index is 11.8. The van der Waals surface area contributed by atoms with Gasteiger partial charge in [0.25, 0.3) is 0 Å². The van der Waals surface area contributed by atoms with Crippen LogP contribution in [0.1, 0.15) is 18.4 Å². The zero-order chi connectivity index (χ0) is 14.4. The van der Waals surface area contributed by atoms with Crippen LogP contribution in [0.15, 0.2) is 30.5 Å². The lowest BCUT2D eigenvalue weighted by Gasteiger charge is -2.04. The summed E-state index contributed by atoms with van der Waals surface area (Å²) in [5, 5.41) is 3.87. The number of amides is 1. The smallest absolute Gasteiger partial charge is 0.305 e. The van der Waals surface area contributed by atoms with Crippen molar-refractivity contribution < 1.29 is 14.3 Å². The molecule has 2 aromatic rings. The number of methoxy groups -OCH3 is 1. The summed E-state index contributed by atoms with van der Waals surface area (Å²) in [4.78, 5) is 25.9. The predicted molar refractivity (Wildman–Crippen MR) is 76.3 cm³/mol. The predicted octanol–water partition coefficient (Wildman–Crippen LogP) is 1.78. The molecule has 106 valence electrons. The fraction of sp³-hybridized carbons (Fsp3) is 0.333. The van der Waals surface area contributed by atoms with Crippen molar-refractivity contribution in [1.29, 1.82) is 0 Å². The van der Waals surface area contributed by atoms with Crippen LogP contribution in [-0.2, 0) is 20.7 Å². The molecule has 0 atom stereocenters. The van der Waals surface area contributed by atoms with Gasteiger partial charge in [0.2, 0.25) is 5.91 Å². The minimum absolute atomic E-state index is 0.0420. The third-order valence-electron chi connectivity index (χ3n) is 3.13. The molecule has 0 aliphatic heterocycles. The van der Waals surface area contributed by atoms with E-state index in [1.165, 1.54) is 7.11 Å². The Morgan fingerprint density at radius 3 is 2.90 bits per heavy atom. The largest absolute Gasteiger partial charge is 0.469 e. The second kappa shape index (κ2) is 6.75. The number of esters is 1. The van der Waals surface area contributed by atoms with Gasteiger partial charge in [-0.2, -0.15) is 0 Å². The molecule has 2 rings (SSSR count). The molecule has 1 aromatic carbocycles. The molecule has 5 nitrogen and oxygen atoms in total. The highest BCUT2D eigenvalue weighted by molar-refractivity contribution is 5.88. The van der Waals surface area contributed by atoms with E-state index in [1.807, 2.05) is 30.5 Å². The molecule has 0 fully saturated rings. The first-order chi connectivity index (χ1) is 9.70. The minimum atomic E-state index is -0.254. The van der Waals surface area contributed by atoms with Gasteiger partial charge in [0, 0.05) is 30.1 Å². The summed E-state index contributed by atoms with van der Waals surface area (Å²) >= 11 is 0. The lowest BCUT2D eigenvalue weighted by atomic mass is 10.1. The zero-order valence-electron chi connectivity index (χ0n) is 11.4. The lowest BCUT2D eigenvalue weighted by molar-refractivity contribution is -0.140. The van der Waals surface area contributed by atoms with Crippen molar-refractivity contribution in [2.45, 2.75) is 19.3 Å². The summed E-state index contributed by atoms with van der Waals surface area (Å²) in [5.74, 6) is -0.296. The molecule has 1 aromatic heterocycles. The summed E-state index contributed by atoms with van der Waals surface area (Å²) in [6, 6.07) is 7.88. The van der Waals surface area contributed by atoms with Crippen LogP contribution in [0, 0.1) is 0 Å². The number of H-pyrrole nitrogens is 1. The van der Waals surface area contributed by atoms with Gasteiger partial charge in [-0.1, -0.05) is 18.2 Å². The molecule has 20 heavy (non-hydrogen) atoms. The molecular formula is C15H18N2O3. The van der Waals surface area contributed by atoms with Gasteiger partial charge >= 0.3 is 5.97 Å². The number of hydrogen-bond donors (Lipinski definition) is 2. The maximum Gasteiger partial charge on any atom is 0.305 e. The van der Waals surface area contributed by atoms with Crippen molar-refractivity contribution in [2.75, 3.05) is 13.7 Å². The third kappa shape index (κ3) is 3.60. The second-order valence-electron chi connectivity index (χ2n) is 4.57.